The number of nitrogens with zero attached hydrogens (tertiary/aromatic N) is 2. The molecule has 1 saturated heterocycles. The van der Waals surface area contributed by atoms with E-state index in [0.29, 0.717) is 13.0 Å². The Labute approximate surface area is 162 Å². The van der Waals surface area contributed by atoms with Gasteiger partial charge in [0.2, 0.25) is 0 Å². The van der Waals surface area contributed by atoms with Crippen LogP contribution in [0.3, 0.4) is 0 Å². The Hall–Kier alpha value is -1.60. The number of para-hydroxylation sites is 2. The summed E-state index contributed by atoms with van der Waals surface area (Å²) in [6, 6.07) is 10.4. The van der Waals surface area contributed by atoms with Crippen molar-refractivity contribution in [2.75, 3.05) is 18.4 Å². The number of anilines is 2. The molecule has 0 saturated carbocycles. The average molecular weight is 391 g/mol. The third-order valence-electron chi connectivity index (χ3n) is 4.64. The molecule has 138 valence electrons. The number of hydrogen-bond donors (Lipinski definition) is 3. The molecule has 2 aliphatic rings. The van der Waals surface area contributed by atoms with Crippen molar-refractivity contribution in [1.82, 2.24) is 10.2 Å². The van der Waals surface area contributed by atoms with Gasteiger partial charge in [0.05, 0.1) is 23.0 Å². The van der Waals surface area contributed by atoms with Crippen molar-refractivity contribution in [3.63, 3.8) is 0 Å². The zero-order chi connectivity index (χ0) is 18.3. The number of aryl methyl sites for hydroxylation is 1. The van der Waals surface area contributed by atoms with E-state index in [4.69, 9.17) is 16.6 Å². The molecule has 2 aromatic rings. The molecule has 3 heterocycles. The molecule has 5 nitrogen and oxygen atoms in total. The van der Waals surface area contributed by atoms with E-state index >= 15 is 0 Å². The fourth-order valence-electron chi connectivity index (χ4n) is 3.61. The second-order valence-corrected chi connectivity index (χ2v) is 8.78. The lowest BCUT2D eigenvalue weighted by Gasteiger charge is -2.38. The van der Waals surface area contributed by atoms with Crippen molar-refractivity contribution in [3.05, 3.63) is 40.8 Å². The number of nitrogens with one attached hydrogen (secondary N) is 2. The van der Waals surface area contributed by atoms with Crippen LogP contribution in [0.4, 0.5) is 16.4 Å². The van der Waals surface area contributed by atoms with E-state index < -0.39 is 0 Å². The summed E-state index contributed by atoms with van der Waals surface area (Å²) in [5.74, 6) is 0.949. The Morgan fingerprint density at radius 2 is 2.19 bits per heavy atom. The van der Waals surface area contributed by atoms with Crippen molar-refractivity contribution in [2.24, 2.45) is 4.99 Å². The molecule has 0 amide bonds. The molecule has 1 fully saturated rings. The Bertz CT molecular complexity index is 833. The summed E-state index contributed by atoms with van der Waals surface area (Å²) in [4.78, 5) is 8.49. The highest BCUT2D eigenvalue weighted by molar-refractivity contribution is 7.16. The van der Waals surface area contributed by atoms with Crippen molar-refractivity contribution in [2.45, 2.75) is 37.9 Å². The quantitative estimate of drug-likeness (QED) is 0.539. The molecule has 0 aliphatic carbocycles. The van der Waals surface area contributed by atoms with E-state index in [9.17, 15) is 5.11 Å². The van der Waals surface area contributed by atoms with Gasteiger partial charge in [0.25, 0.3) is 0 Å². The van der Waals surface area contributed by atoms with Gasteiger partial charge in [-0.15, -0.1) is 22.9 Å². The van der Waals surface area contributed by atoms with Gasteiger partial charge >= 0.3 is 0 Å². The van der Waals surface area contributed by atoms with Crippen LogP contribution in [0.5, 0.6) is 0 Å². The number of piperazine rings is 1. The van der Waals surface area contributed by atoms with E-state index in [0.717, 1.165) is 34.3 Å². The lowest BCUT2D eigenvalue weighted by atomic mass is 10.1. The average Bonchev–Trinajstić information content (AvgIpc) is 2.85. The molecule has 1 aromatic carbocycles. The number of fused-ring (bicyclic) bond motifs is 2. The van der Waals surface area contributed by atoms with Crippen LogP contribution in [-0.2, 0) is 0 Å². The van der Waals surface area contributed by atoms with Gasteiger partial charge in [-0.1, -0.05) is 12.1 Å². The number of aliphatic imine (C=N–C) groups is 1. The first-order valence-electron chi connectivity index (χ1n) is 8.88. The third kappa shape index (κ3) is 3.60. The van der Waals surface area contributed by atoms with Crippen LogP contribution in [-0.4, -0.2) is 46.6 Å². The number of hydrogen-bond acceptors (Lipinski definition) is 6. The lowest BCUT2D eigenvalue weighted by Crippen LogP contribution is -2.56. The van der Waals surface area contributed by atoms with Crippen LogP contribution in [0.1, 0.15) is 23.8 Å². The van der Waals surface area contributed by atoms with Crippen molar-refractivity contribution < 1.29 is 5.11 Å². The normalized spacial score (nSPS) is 23.4. The molecular weight excluding hydrogens is 368 g/mol. The van der Waals surface area contributed by atoms with Crippen LogP contribution in [0.25, 0.3) is 0 Å². The van der Waals surface area contributed by atoms with Gasteiger partial charge < -0.3 is 15.3 Å². The highest BCUT2D eigenvalue weighted by Gasteiger charge is 2.31. The minimum Gasteiger partial charge on any atom is -0.393 e. The van der Waals surface area contributed by atoms with Crippen LogP contribution in [0.2, 0.25) is 0 Å². The second-order valence-electron chi connectivity index (χ2n) is 7.00. The fraction of sp³-hybridized carbons (Fsp3) is 0.421. The largest absolute Gasteiger partial charge is 0.393 e. The third-order valence-corrected chi connectivity index (χ3v) is 5.87. The molecule has 0 spiro atoms. The highest BCUT2D eigenvalue weighted by atomic mass is 35.5. The Kier molecular flexibility index (Phi) is 4.92. The maximum Gasteiger partial charge on any atom is 0.139 e. The minimum atomic E-state index is -0.367. The zero-order valence-corrected chi connectivity index (χ0v) is 16.4. The summed E-state index contributed by atoms with van der Waals surface area (Å²) < 4.78 is 0. The predicted octanol–water partition coefficient (Wildman–Crippen LogP) is 3.80. The number of alkyl halides is 1. The van der Waals surface area contributed by atoms with Crippen LogP contribution < -0.4 is 10.6 Å². The molecule has 3 N–H and O–H groups in total. The van der Waals surface area contributed by atoms with E-state index in [-0.39, 0.29) is 17.6 Å². The second kappa shape index (κ2) is 7.19. The maximum absolute atomic E-state index is 9.78. The molecule has 7 heteroatoms. The molecule has 0 radical (unpaired) electrons. The SMILES string of the molecule is Cc1cc2c(s1)Nc1ccccc1N=C2N1CC(Cl)N[C@@H](CC(C)O)C1. The topological polar surface area (TPSA) is 59.9 Å². The van der Waals surface area contributed by atoms with E-state index in [2.05, 4.69) is 34.6 Å². The molecule has 2 unspecified atom stereocenters. The molecule has 2 aliphatic heterocycles. The number of halogens is 1. The Morgan fingerprint density at radius 1 is 1.38 bits per heavy atom. The number of benzene rings is 1. The standard InChI is InChI=1S/C19H23ClN4OS/c1-11(25)7-13-9-24(10-17(20)21-13)18-14-8-12(2)26-19(14)23-16-6-4-3-5-15(16)22-18/h3-6,8,11,13,17,21,23,25H,7,9-10H2,1-2H3/t11?,13-,17?/m0/s1. The summed E-state index contributed by atoms with van der Waals surface area (Å²) in [6.45, 7) is 5.37. The van der Waals surface area contributed by atoms with Gasteiger partial charge in [-0.05, 0) is 38.5 Å². The minimum absolute atomic E-state index is 0.128. The molecule has 0 bridgehead atoms. The molecule has 4 rings (SSSR count). The number of aliphatic hydroxyl groups is 1. The fourth-order valence-corrected chi connectivity index (χ4v) is 4.87. The van der Waals surface area contributed by atoms with Gasteiger partial charge in [0, 0.05) is 24.0 Å². The van der Waals surface area contributed by atoms with Crippen LogP contribution in [0, 0.1) is 6.92 Å². The van der Waals surface area contributed by atoms with Crippen LogP contribution in [0.15, 0.2) is 35.3 Å². The van der Waals surface area contributed by atoms with Crippen LogP contribution >= 0.6 is 22.9 Å². The summed E-state index contributed by atoms with van der Waals surface area (Å²) in [5.41, 5.74) is 2.89. The summed E-state index contributed by atoms with van der Waals surface area (Å²) >= 11 is 8.22. The summed E-state index contributed by atoms with van der Waals surface area (Å²) in [6.07, 6.45) is 0.297. The van der Waals surface area contributed by atoms with Crippen molar-refractivity contribution in [3.8, 4) is 0 Å². The Balaban J connectivity index is 1.74. The summed E-state index contributed by atoms with van der Waals surface area (Å²) in [7, 11) is 0. The van der Waals surface area contributed by atoms with E-state index in [1.165, 1.54) is 4.88 Å². The molecule has 3 atom stereocenters. The Morgan fingerprint density at radius 3 is 3.00 bits per heavy atom. The molecular formula is C19H23ClN4OS. The monoisotopic (exact) mass is 390 g/mol. The maximum atomic E-state index is 9.78. The van der Waals surface area contributed by atoms with E-state index in [1.807, 2.05) is 25.1 Å². The van der Waals surface area contributed by atoms with Gasteiger partial charge in [-0.3, -0.25) is 5.32 Å². The number of amidine groups is 1. The van der Waals surface area contributed by atoms with Crippen molar-refractivity contribution >= 4 is 45.1 Å². The number of thiophene rings is 1. The molecule has 26 heavy (non-hydrogen) atoms. The number of rotatable bonds is 2. The highest BCUT2D eigenvalue weighted by Crippen LogP contribution is 2.39. The lowest BCUT2D eigenvalue weighted by molar-refractivity contribution is 0.147. The number of aliphatic hydroxyl groups excluding tert-OH is 1. The van der Waals surface area contributed by atoms with Gasteiger partial charge in [0.1, 0.15) is 16.3 Å². The zero-order valence-electron chi connectivity index (χ0n) is 14.9. The summed E-state index contributed by atoms with van der Waals surface area (Å²) in [5, 5.41) is 17.8. The first-order chi connectivity index (χ1) is 12.5. The first-order valence-corrected chi connectivity index (χ1v) is 10.1. The predicted molar refractivity (Wildman–Crippen MR) is 109 cm³/mol. The van der Waals surface area contributed by atoms with Gasteiger partial charge in [0.15, 0.2) is 0 Å². The van der Waals surface area contributed by atoms with Gasteiger partial charge in [-0.2, -0.15) is 0 Å². The first kappa shape index (κ1) is 17.8. The van der Waals surface area contributed by atoms with Crippen molar-refractivity contribution in [1.29, 1.82) is 0 Å². The van der Waals surface area contributed by atoms with E-state index in [1.54, 1.807) is 11.3 Å². The molecule has 1 aromatic heterocycles. The smallest absolute Gasteiger partial charge is 0.139 e. The van der Waals surface area contributed by atoms with Gasteiger partial charge in [-0.25, -0.2) is 4.99 Å².